The summed E-state index contributed by atoms with van der Waals surface area (Å²) < 4.78 is 46.6. The number of phosphoric ester groups is 1. The highest BCUT2D eigenvalue weighted by Crippen LogP contribution is 2.67. The highest BCUT2D eigenvalue weighted by atomic mass is 79.9. The van der Waals surface area contributed by atoms with Crippen molar-refractivity contribution < 1.29 is 66.6 Å². The summed E-state index contributed by atoms with van der Waals surface area (Å²) in [7, 11) is -16.9. The second kappa shape index (κ2) is 25.2. The number of nitrogens with two attached hydrogens (primary N) is 1. The van der Waals surface area contributed by atoms with Crippen molar-refractivity contribution >= 4 is 56.1 Å². The van der Waals surface area contributed by atoms with E-state index in [1.165, 1.54) is 69.8 Å². The number of hydrogen-bond acceptors (Lipinski definition) is 14. The molecule has 0 bridgehead atoms. The van der Waals surface area contributed by atoms with Crippen molar-refractivity contribution in [2.24, 2.45) is 0 Å². The van der Waals surface area contributed by atoms with Gasteiger partial charge in [-0.2, -0.15) is 4.98 Å². The second-order valence-corrected chi connectivity index (χ2v) is 19.7. The Hall–Kier alpha value is -1.12. The number of imidazole rings is 1. The molecule has 1 aliphatic rings. The topological polar surface area (TPSA) is 291 Å². The summed E-state index contributed by atoms with van der Waals surface area (Å²) in [4.78, 5) is 70.1. The van der Waals surface area contributed by atoms with Crippen LogP contribution in [0.15, 0.2) is 11.1 Å². The largest absolute Gasteiger partial charge is 0.777 e. The number of quaternary nitrogens is 3. The minimum atomic E-state index is -5.72. The molecule has 1 saturated heterocycles. The summed E-state index contributed by atoms with van der Waals surface area (Å²) in [6.07, 6.45) is -2.52. The van der Waals surface area contributed by atoms with Crippen LogP contribution in [0.4, 0.5) is 5.95 Å². The third-order valence-electron chi connectivity index (χ3n) is 8.61. The molecule has 0 aromatic carbocycles. The van der Waals surface area contributed by atoms with Crippen LogP contribution in [0, 0.1) is 0 Å². The van der Waals surface area contributed by atoms with E-state index >= 15 is 0 Å². The van der Waals surface area contributed by atoms with E-state index in [-0.39, 0.29) is 23.5 Å². The van der Waals surface area contributed by atoms with Crippen molar-refractivity contribution in [3.05, 3.63) is 16.7 Å². The Balaban J connectivity index is 0.00000105. The number of phosphoric acid groups is 1. The molecular weight excluding hydrogens is 825 g/mol. The van der Waals surface area contributed by atoms with E-state index in [0.717, 1.165) is 0 Å². The minimum absolute atomic E-state index is 0.0320. The predicted molar refractivity (Wildman–Crippen MR) is 200 cm³/mol. The zero-order chi connectivity index (χ0) is 41.2. The Morgan fingerprint density at radius 2 is 1.38 bits per heavy atom. The van der Waals surface area contributed by atoms with Crippen molar-refractivity contribution in [3.8, 4) is 0 Å². The van der Waals surface area contributed by atoms with Gasteiger partial charge in [-0.3, -0.25) is 23.2 Å². The van der Waals surface area contributed by atoms with E-state index in [4.69, 9.17) is 15.4 Å². The molecule has 8 N–H and O–H groups in total. The fourth-order valence-electron chi connectivity index (χ4n) is 4.99. The van der Waals surface area contributed by atoms with E-state index in [1.807, 2.05) is 0 Å². The lowest BCUT2D eigenvalue weighted by molar-refractivity contribution is -0.894. The summed E-state index contributed by atoms with van der Waals surface area (Å²) in [5.74, 6) is -0.204. The van der Waals surface area contributed by atoms with E-state index in [9.17, 15) is 38.3 Å². The van der Waals surface area contributed by atoms with Crippen LogP contribution in [0.3, 0.4) is 0 Å². The molecule has 0 aliphatic carbocycles. The van der Waals surface area contributed by atoms with Gasteiger partial charge in [-0.15, -0.1) is 0 Å². The molecule has 0 spiro atoms. The maximum Gasteiger partial charge on any atom is 0.280 e. The molecule has 3 rings (SSSR count). The zero-order valence-corrected chi connectivity index (χ0v) is 36.5. The molecule has 24 heteroatoms. The van der Waals surface area contributed by atoms with Crippen molar-refractivity contribution in [2.75, 3.05) is 71.2 Å². The number of halogens is 1. The first-order chi connectivity index (χ1) is 24.6. The molecule has 53 heavy (non-hydrogen) atoms. The van der Waals surface area contributed by atoms with E-state index < -0.39 is 57.9 Å². The molecule has 0 amide bonds. The number of aliphatic hydroxyl groups excluding tert-OH is 1. The molecule has 1 aliphatic heterocycles. The molecule has 2 aromatic rings. The molecule has 3 heterocycles. The fourth-order valence-corrected chi connectivity index (χ4v) is 9.41. The number of rotatable bonds is 17. The monoisotopic (exact) mass is 886 g/mol. The number of nitrogen functional groups attached to an aromatic ring is 1. The number of nitrogens with zero attached hydrogens (tertiary/aromatic N) is 3. The van der Waals surface area contributed by atoms with Crippen LogP contribution in [0.1, 0.15) is 75.0 Å². The van der Waals surface area contributed by atoms with Gasteiger partial charge in [0.25, 0.3) is 13.4 Å². The first kappa shape index (κ1) is 51.9. The van der Waals surface area contributed by atoms with Gasteiger partial charge >= 0.3 is 0 Å². The summed E-state index contributed by atoms with van der Waals surface area (Å²) in [6.45, 7) is 30.5. The molecular formula is C29H62BrN8O12P3. The quantitative estimate of drug-likeness (QED) is 0.0635. The van der Waals surface area contributed by atoms with Crippen molar-refractivity contribution in [3.63, 3.8) is 0 Å². The van der Waals surface area contributed by atoms with Crippen molar-refractivity contribution in [1.29, 1.82) is 0 Å². The molecule has 1 fully saturated rings. The lowest BCUT2D eigenvalue weighted by atomic mass is 10.2. The molecule has 7 atom stereocenters. The van der Waals surface area contributed by atoms with E-state index in [1.54, 1.807) is 14.7 Å². The number of alkyl halides is 1. The Kier molecular flexibility index (Phi) is 24.7. The van der Waals surface area contributed by atoms with Gasteiger partial charge in [-0.05, 0) is 62.3 Å². The predicted octanol–water partition coefficient (Wildman–Crippen LogP) is -2.58. The zero-order valence-electron chi connectivity index (χ0n) is 32.3. The van der Waals surface area contributed by atoms with Crippen LogP contribution in [0.25, 0.3) is 11.2 Å². The van der Waals surface area contributed by atoms with Crippen molar-refractivity contribution in [1.82, 2.24) is 19.5 Å². The van der Waals surface area contributed by atoms with Crippen LogP contribution >= 0.6 is 38.9 Å². The molecule has 20 nitrogen and oxygen atoms in total. The lowest BCUT2D eigenvalue weighted by Gasteiger charge is -2.37. The average molecular weight is 888 g/mol. The van der Waals surface area contributed by atoms with Crippen LogP contribution < -0.4 is 40.7 Å². The normalized spacial score (nSPS) is 21.1. The molecule has 2 aromatic heterocycles. The van der Waals surface area contributed by atoms with Gasteiger partial charge in [0.1, 0.15) is 16.6 Å². The van der Waals surface area contributed by atoms with Crippen LogP contribution in [-0.2, 0) is 27.3 Å². The maximum atomic E-state index is 11.8. The minimum Gasteiger partial charge on any atom is -0.777 e. The number of fused-ring (bicyclic) bond motifs is 1. The standard InChI is InChI=1S/C11H17BrN5O12P3.3C6H15N/c12-10(30(20,21)22)31(23,24)29-32(25,26)27-2-5-4(18)1-6(28-5)17-3-14-7-8(17)15-11(13)16-9(7)19;3*1-4-7(5-2)6-3/h3-6,10,18H,1-2H2,(H,23,24)(H,25,26)(H2,20,21,22)(H3,13,15,16,19);3*4-6H2,1-3H3/t4-,5+,6+,10?;;;/m0.../s1. The number of H-pyrrole nitrogens is 1. The Labute approximate surface area is 320 Å². The number of aromatic amines is 1. The Morgan fingerprint density at radius 1 is 0.943 bits per heavy atom. The number of nitrogens with one attached hydrogen (secondary N) is 4. The lowest BCUT2D eigenvalue weighted by Crippen LogP contribution is -3.11. The number of aliphatic hydroxyl groups is 1. The third-order valence-corrected chi connectivity index (χ3v) is 16.6. The van der Waals surface area contributed by atoms with Crippen LogP contribution in [0.2, 0.25) is 0 Å². The molecule has 0 saturated carbocycles. The van der Waals surface area contributed by atoms with Gasteiger partial charge in [0.15, 0.2) is 26.4 Å². The second-order valence-electron chi connectivity index (χ2n) is 11.9. The van der Waals surface area contributed by atoms with Crippen LogP contribution in [-0.4, -0.2) is 112 Å². The summed E-state index contributed by atoms with van der Waals surface area (Å²) in [5, 5.41) is 10.1. The van der Waals surface area contributed by atoms with Gasteiger partial charge in [-0.1, -0.05) is 15.9 Å². The average Bonchev–Trinajstić information content (AvgIpc) is 3.69. The van der Waals surface area contributed by atoms with E-state index in [0.29, 0.717) is 0 Å². The van der Waals surface area contributed by atoms with Gasteiger partial charge in [0.2, 0.25) is 5.95 Å². The van der Waals surface area contributed by atoms with Gasteiger partial charge < -0.3 is 63.5 Å². The highest BCUT2D eigenvalue weighted by Gasteiger charge is 2.38. The summed E-state index contributed by atoms with van der Waals surface area (Å²) in [6, 6.07) is 0. The molecule has 0 radical (unpaired) electrons. The molecule has 4 unspecified atom stereocenters. The summed E-state index contributed by atoms with van der Waals surface area (Å²) >= 11 is 2.10. The van der Waals surface area contributed by atoms with Crippen LogP contribution in [0.5, 0.6) is 0 Å². The van der Waals surface area contributed by atoms with Gasteiger partial charge in [0, 0.05) is 6.42 Å². The Bertz CT molecular complexity index is 1480. The summed E-state index contributed by atoms with van der Waals surface area (Å²) in [5.41, 5.74) is 4.85. The molecule has 312 valence electrons. The first-order valence-electron chi connectivity index (χ1n) is 17.9. The van der Waals surface area contributed by atoms with Gasteiger partial charge in [-0.25, -0.2) is 4.98 Å². The van der Waals surface area contributed by atoms with Gasteiger partial charge in [0.05, 0.1) is 77.9 Å². The number of hydrogen-bond donors (Lipinski definition) is 7. The Morgan fingerprint density at radius 3 is 1.75 bits per heavy atom. The fraction of sp³-hybridized carbons (Fsp3) is 0.828. The number of ether oxygens (including phenoxy) is 1. The van der Waals surface area contributed by atoms with E-state index in [2.05, 4.69) is 102 Å². The number of aromatic nitrogens is 4. The SMILES string of the molecule is CC[NH+](CC)CC.CC[NH+](CC)CC.CC[NH+](CC)CC.Nc1nc2c(ncn2[C@H]2C[C@H](O)[C@@H](COP(=O)([O-])OP(=O)([O-])C(Br)P(=O)([O-])O)O2)c(=O)[nH]1. The van der Waals surface area contributed by atoms with Crippen molar-refractivity contribution in [2.45, 2.75) is 91.5 Å². The maximum absolute atomic E-state index is 11.8. The smallest absolute Gasteiger partial charge is 0.280 e. The number of anilines is 1. The first-order valence-corrected chi connectivity index (χ1v) is 23.5. The third kappa shape index (κ3) is 18.1. The highest BCUT2D eigenvalue weighted by molar-refractivity contribution is 9.12.